The molecular weight excluding hydrogens is 462 g/mol. The van der Waals surface area contributed by atoms with E-state index in [0.717, 1.165) is 35.6 Å². The van der Waals surface area contributed by atoms with E-state index in [1.165, 1.54) is 24.5 Å². The number of benzene rings is 2. The molecule has 2 N–H and O–H groups in total. The van der Waals surface area contributed by atoms with Crippen LogP contribution in [-0.4, -0.2) is 50.8 Å². The van der Waals surface area contributed by atoms with Gasteiger partial charge in [0.25, 0.3) is 0 Å². The number of sulfonamides is 2. The van der Waals surface area contributed by atoms with Gasteiger partial charge >= 0.3 is 0 Å². The van der Waals surface area contributed by atoms with E-state index in [1.807, 2.05) is 6.07 Å². The Morgan fingerprint density at radius 2 is 1.79 bits per heavy atom. The molecule has 1 aliphatic rings. The summed E-state index contributed by atoms with van der Waals surface area (Å²) in [5, 5.41) is 5.30. The summed E-state index contributed by atoms with van der Waals surface area (Å²) in [6.07, 6.45) is 1.61. The maximum atomic E-state index is 12.6. The van der Waals surface area contributed by atoms with Gasteiger partial charge < -0.3 is 9.47 Å². The molecule has 0 bridgehead atoms. The van der Waals surface area contributed by atoms with Crippen molar-refractivity contribution < 1.29 is 16.8 Å². The van der Waals surface area contributed by atoms with Crippen molar-refractivity contribution in [2.45, 2.75) is 55.6 Å². The highest BCUT2D eigenvalue weighted by molar-refractivity contribution is 7.89. The van der Waals surface area contributed by atoms with Crippen LogP contribution in [0.1, 0.15) is 31.7 Å². The minimum atomic E-state index is -3.76. The van der Waals surface area contributed by atoms with Gasteiger partial charge in [0.1, 0.15) is 5.82 Å². The van der Waals surface area contributed by atoms with Gasteiger partial charge in [-0.25, -0.2) is 31.3 Å². The number of primary sulfonamides is 1. The summed E-state index contributed by atoms with van der Waals surface area (Å²) in [4.78, 5) is 7.34. The Morgan fingerprint density at radius 3 is 2.42 bits per heavy atom. The van der Waals surface area contributed by atoms with Gasteiger partial charge in [-0.1, -0.05) is 6.92 Å². The van der Waals surface area contributed by atoms with Crippen LogP contribution in [0.15, 0.2) is 46.2 Å². The zero-order valence-corrected chi connectivity index (χ0v) is 20.8. The Labute approximate surface area is 194 Å². The number of anilines is 1. The van der Waals surface area contributed by atoms with Crippen LogP contribution in [0.2, 0.25) is 0 Å². The van der Waals surface area contributed by atoms with Crippen LogP contribution in [0.25, 0.3) is 11.0 Å². The van der Waals surface area contributed by atoms with Crippen molar-refractivity contribution in [3.05, 3.63) is 47.8 Å². The average molecular weight is 492 g/mol. The van der Waals surface area contributed by atoms with E-state index in [1.54, 1.807) is 24.3 Å². The smallest absolute Gasteiger partial charge is 0.242 e. The Balaban J connectivity index is 1.75. The molecule has 11 heteroatoms. The van der Waals surface area contributed by atoms with Crippen molar-refractivity contribution in [1.82, 2.24) is 13.9 Å². The molecular formula is C22H29N5O4S2. The molecule has 178 valence electrons. The Morgan fingerprint density at radius 1 is 1.09 bits per heavy atom. The van der Waals surface area contributed by atoms with E-state index < -0.39 is 20.0 Å². The maximum absolute atomic E-state index is 12.6. The molecule has 3 aromatic rings. The van der Waals surface area contributed by atoms with Crippen LogP contribution < -0.4 is 10.0 Å². The minimum Gasteiger partial charge on any atom is -0.361 e. The monoisotopic (exact) mass is 491 g/mol. The van der Waals surface area contributed by atoms with Crippen molar-refractivity contribution >= 4 is 36.8 Å². The average Bonchev–Trinajstić information content (AvgIpc) is 3.24. The first-order chi connectivity index (χ1) is 15.4. The summed E-state index contributed by atoms with van der Waals surface area (Å²) in [5.41, 5.74) is 3.42. The van der Waals surface area contributed by atoms with E-state index in [0.29, 0.717) is 18.5 Å². The zero-order valence-electron chi connectivity index (χ0n) is 19.2. The maximum Gasteiger partial charge on any atom is 0.242 e. The van der Waals surface area contributed by atoms with E-state index >= 15 is 0 Å². The van der Waals surface area contributed by atoms with Crippen LogP contribution in [0, 0.1) is 0 Å². The number of aromatic nitrogens is 2. The van der Waals surface area contributed by atoms with Gasteiger partial charge in [0, 0.05) is 32.4 Å². The molecule has 1 unspecified atom stereocenters. The lowest BCUT2D eigenvalue weighted by molar-refractivity contribution is 0.521. The third-order valence-electron chi connectivity index (χ3n) is 6.07. The summed E-state index contributed by atoms with van der Waals surface area (Å²) >= 11 is 0. The summed E-state index contributed by atoms with van der Waals surface area (Å²) in [7, 11) is -4.30. The summed E-state index contributed by atoms with van der Waals surface area (Å²) in [5.74, 6) is 0.835. The lowest BCUT2D eigenvalue weighted by atomic mass is 10.1. The van der Waals surface area contributed by atoms with Crippen molar-refractivity contribution in [3.8, 4) is 0 Å². The standard InChI is InChI=1S/C22H29N5O4S2/c1-5-10-26-21-9-7-18(33(30,31)25(3)4)13-19(21)24-22(26)14-27-15(2)11-16-12-17(32(23,28)29)6-8-20(16)27/h6-9,12-13,15H,5,10-11,14H2,1-4H3,(H2,23,28,29). The van der Waals surface area contributed by atoms with Crippen LogP contribution >= 0.6 is 0 Å². The lowest BCUT2D eigenvalue weighted by Gasteiger charge is -2.25. The topological polar surface area (TPSA) is 119 Å². The summed E-state index contributed by atoms with van der Waals surface area (Å²) in [6.45, 7) is 5.45. The number of hydrogen-bond donors (Lipinski definition) is 1. The number of nitrogens with two attached hydrogens (primary N) is 1. The molecule has 2 heterocycles. The number of aryl methyl sites for hydroxylation is 1. The second-order valence-electron chi connectivity index (χ2n) is 8.63. The molecule has 0 fully saturated rings. The predicted octanol–water partition coefficient (Wildman–Crippen LogP) is 2.30. The number of fused-ring (bicyclic) bond motifs is 2. The molecule has 0 aliphatic carbocycles. The molecule has 0 radical (unpaired) electrons. The third-order valence-corrected chi connectivity index (χ3v) is 8.79. The second kappa shape index (κ2) is 8.39. The van der Waals surface area contributed by atoms with Crippen LogP contribution in [-0.2, 0) is 39.6 Å². The van der Waals surface area contributed by atoms with E-state index in [9.17, 15) is 16.8 Å². The molecule has 0 amide bonds. The summed E-state index contributed by atoms with van der Waals surface area (Å²) < 4.78 is 52.0. The SMILES string of the molecule is CCCn1c(CN2c3ccc(S(N)(=O)=O)cc3CC2C)nc2cc(S(=O)(=O)N(C)C)ccc21. The van der Waals surface area contributed by atoms with Crippen LogP contribution in [0.4, 0.5) is 5.69 Å². The van der Waals surface area contributed by atoms with E-state index in [2.05, 4.69) is 23.3 Å². The number of nitrogens with zero attached hydrogens (tertiary/aromatic N) is 4. The molecule has 1 aromatic heterocycles. The van der Waals surface area contributed by atoms with Gasteiger partial charge in [-0.05, 0) is 61.7 Å². The predicted molar refractivity (Wildman–Crippen MR) is 128 cm³/mol. The largest absolute Gasteiger partial charge is 0.361 e. The molecule has 9 nitrogen and oxygen atoms in total. The number of rotatable bonds is 7. The Hall–Kier alpha value is -2.47. The fraction of sp³-hybridized carbons (Fsp3) is 0.409. The van der Waals surface area contributed by atoms with Gasteiger partial charge in [0.05, 0.1) is 27.4 Å². The highest BCUT2D eigenvalue weighted by Gasteiger charge is 2.29. The van der Waals surface area contributed by atoms with E-state index in [-0.39, 0.29) is 15.8 Å². The van der Waals surface area contributed by atoms with Crippen molar-refractivity contribution in [2.75, 3.05) is 19.0 Å². The quantitative estimate of drug-likeness (QED) is 0.542. The van der Waals surface area contributed by atoms with Gasteiger partial charge in [-0.15, -0.1) is 0 Å². The molecule has 33 heavy (non-hydrogen) atoms. The Kier molecular flexibility index (Phi) is 6.02. The van der Waals surface area contributed by atoms with E-state index in [4.69, 9.17) is 10.1 Å². The van der Waals surface area contributed by atoms with Crippen molar-refractivity contribution in [1.29, 1.82) is 0 Å². The number of imidazole rings is 1. The minimum absolute atomic E-state index is 0.114. The first-order valence-electron chi connectivity index (χ1n) is 10.8. The zero-order chi connectivity index (χ0) is 24.1. The fourth-order valence-electron chi connectivity index (χ4n) is 4.37. The lowest BCUT2D eigenvalue weighted by Crippen LogP contribution is -2.30. The molecule has 1 aliphatic heterocycles. The van der Waals surface area contributed by atoms with Crippen LogP contribution in [0.3, 0.4) is 0 Å². The molecule has 4 rings (SSSR count). The molecule has 1 atom stereocenters. The number of hydrogen-bond acceptors (Lipinski definition) is 6. The molecule has 2 aromatic carbocycles. The highest BCUT2D eigenvalue weighted by atomic mass is 32.2. The molecule has 0 spiro atoms. The van der Waals surface area contributed by atoms with Crippen molar-refractivity contribution in [3.63, 3.8) is 0 Å². The molecule has 0 saturated carbocycles. The van der Waals surface area contributed by atoms with Gasteiger partial charge in [-0.3, -0.25) is 0 Å². The third kappa shape index (κ3) is 4.25. The highest BCUT2D eigenvalue weighted by Crippen LogP contribution is 2.35. The first kappa shape index (κ1) is 23.7. The van der Waals surface area contributed by atoms with Gasteiger partial charge in [-0.2, -0.15) is 0 Å². The first-order valence-corrected chi connectivity index (χ1v) is 13.8. The Bertz CT molecular complexity index is 1430. The summed E-state index contributed by atoms with van der Waals surface area (Å²) in [6, 6.07) is 10.2. The normalized spacial score (nSPS) is 16.7. The van der Waals surface area contributed by atoms with Crippen molar-refractivity contribution in [2.24, 2.45) is 5.14 Å². The van der Waals surface area contributed by atoms with Gasteiger partial charge in [0.15, 0.2) is 0 Å². The van der Waals surface area contributed by atoms with Crippen LogP contribution in [0.5, 0.6) is 0 Å². The fourth-order valence-corrected chi connectivity index (χ4v) is 5.85. The molecule has 0 saturated heterocycles. The second-order valence-corrected chi connectivity index (χ2v) is 12.3. The van der Waals surface area contributed by atoms with Gasteiger partial charge in [0.2, 0.25) is 20.0 Å².